The van der Waals surface area contributed by atoms with Crippen LogP contribution in [0.25, 0.3) is 10.9 Å². The molecule has 1 aromatic heterocycles. The summed E-state index contributed by atoms with van der Waals surface area (Å²) >= 11 is 0. The third-order valence-corrected chi connectivity index (χ3v) is 4.18. The first-order valence-corrected chi connectivity index (χ1v) is 7.99. The van der Waals surface area contributed by atoms with Crippen molar-refractivity contribution < 1.29 is 28.5 Å². The van der Waals surface area contributed by atoms with Crippen molar-refractivity contribution in [3.63, 3.8) is 0 Å². The summed E-state index contributed by atoms with van der Waals surface area (Å²) in [7, 11) is 1.42. The minimum absolute atomic E-state index is 0.0651. The van der Waals surface area contributed by atoms with Crippen LogP contribution in [0.5, 0.6) is 17.2 Å². The number of carbonyl (C=O) groups excluding carboxylic acids is 2. The van der Waals surface area contributed by atoms with E-state index >= 15 is 0 Å². The molecule has 8 nitrogen and oxygen atoms in total. The van der Waals surface area contributed by atoms with Gasteiger partial charge in [-0.25, -0.2) is 0 Å². The molecular weight excluding hydrogens is 342 g/mol. The number of benzene rings is 1. The van der Waals surface area contributed by atoms with Crippen molar-refractivity contribution in [3.05, 3.63) is 28.0 Å². The Hall–Kier alpha value is -3.03. The lowest BCUT2D eigenvalue weighted by atomic mass is 9.96. The number of hydrogen-bond acceptors (Lipinski definition) is 7. The van der Waals surface area contributed by atoms with Crippen molar-refractivity contribution in [2.75, 3.05) is 13.9 Å². The molecule has 2 aromatic rings. The molecule has 0 atom stereocenters. The van der Waals surface area contributed by atoms with Gasteiger partial charge in [-0.05, 0) is 26.0 Å². The van der Waals surface area contributed by atoms with Crippen molar-refractivity contribution in [2.45, 2.75) is 32.8 Å². The van der Waals surface area contributed by atoms with E-state index in [0.29, 0.717) is 22.4 Å². The summed E-state index contributed by atoms with van der Waals surface area (Å²) in [6.45, 7) is 4.25. The highest BCUT2D eigenvalue weighted by Gasteiger charge is 2.33. The van der Waals surface area contributed by atoms with Gasteiger partial charge in [0, 0.05) is 18.7 Å². The maximum absolute atomic E-state index is 12.6. The number of pyridine rings is 1. The van der Waals surface area contributed by atoms with Crippen LogP contribution in [0.15, 0.2) is 16.9 Å². The summed E-state index contributed by atoms with van der Waals surface area (Å²) in [5, 5.41) is 0.587. The van der Waals surface area contributed by atoms with Gasteiger partial charge in [-0.2, -0.15) is 0 Å². The van der Waals surface area contributed by atoms with Crippen molar-refractivity contribution >= 4 is 22.7 Å². The Bertz CT molecular complexity index is 958. The number of carbonyl (C=O) groups is 2. The number of aromatic amines is 1. The summed E-state index contributed by atoms with van der Waals surface area (Å²) in [6.07, 6.45) is -0.247. The molecule has 138 valence electrons. The molecule has 8 heteroatoms. The van der Waals surface area contributed by atoms with Gasteiger partial charge >= 0.3 is 5.97 Å². The number of methoxy groups -OCH3 is 1. The van der Waals surface area contributed by atoms with Gasteiger partial charge in [0.1, 0.15) is 5.75 Å². The molecule has 1 aromatic carbocycles. The Kier molecular flexibility index (Phi) is 4.35. The average molecular weight is 361 g/mol. The van der Waals surface area contributed by atoms with E-state index in [1.54, 1.807) is 12.1 Å². The quantitative estimate of drug-likeness (QED) is 0.809. The molecule has 26 heavy (non-hydrogen) atoms. The molecule has 3 rings (SSSR count). The predicted octanol–water partition coefficient (Wildman–Crippen LogP) is 1.72. The standard InChI is InChI=1S/C18H19NO7/c1-9(20)26-18(2,3)13(21)7-11-15(23-4)10-5-6-12-16(25-8-24-12)14(10)19-17(11)22/h5-6H,7-8H2,1-4H3,(H,19,22). The SMILES string of the molecule is COc1c(CC(=O)C(C)(C)OC(C)=O)c(=O)[nH]c2c3c(ccc12)OCO3. The van der Waals surface area contributed by atoms with Gasteiger partial charge in [-0.15, -0.1) is 0 Å². The second kappa shape index (κ2) is 6.36. The number of nitrogens with one attached hydrogen (secondary N) is 1. The second-order valence-corrected chi connectivity index (χ2v) is 6.39. The third-order valence-electron chi connectivity index (χ3n) is 4.18. The summed E-state index contributed by atoms with van der Waals surface area (Å²) < 4.78 is 21.2. The van der Waals surface area contributed by atoms with Crippen molar-refractivity contribution in [1.29, 1.82) is 0 Å². The van der Waals surface area contributed by atoms with Gasteiger partial charge in [0.25, 0.3) is 5.56 Å². The first kappa shape index (κ1) is 17.8. The van der Waals surface area contributed by atoms with Crippen LogP contribution in [0.4, 0.5) is 0 Å². The summed E-state index contributed by atoms with van der Waals surface area (Å²) in [4.78, 5) is 39.1. The normalized spacial score (nSPS) is 12.9. The molecule has 0 bridgehead atoms. The molecule has 1 N–H and O–H groups in total. The van der Waals surface area contributed by atoms with Crippen LogP contribution in [-0.4, -0.2) is 36.2 Å². The summed E-state index contributed by atoms with van der Waals surface area (Å²) in [5.41, 5.74) is -1.24. The van der Waals surface area contributed by atoms with Crippen molar-refractivity contribution in [1.82, 2.24) is 4.98 Å². The maximum Gasteiger partial charge on any atom is 0.303 e. The number of rotatable bonds is 5. The molecule has 2 heterocycles. The number of esters is 1. The molecule has 0 saturated carbocycles. The van der Waals surface area contributed by atoms with Gasteiger partial charge in [0.2, 0.25) is 6.79 Å². The number of Topliss-reactive ketones (excluding diaryl/α,β-unsaturated/α-hetero) is 1. The highest BCUT2D eigenvalue weighted by atomic mass is 16.7. The fourth-order valence-corrected chi connectivity index (χ4v) is 2.92. The van der Waals surface area contributed by atoms with Crippen LogP contribution >= 0.6 is 0 Å². The number of fused-ring (bicyclic) bond motifs is 3. The number of aromatic nitrogens is 1. The largest absolute Gasteiger partial charge is 0.496 e. The number of hydrogen-bond donors (Lipinski definition) is 1. The molecule has 0 radical (unpaired) electrons. The van der Waals surface area contributed by atoms with Crippen molar-refractivity contribution in [3.8, 4) is 17.2 Å². The van der Waals surface area contributed by atoms with Gasteiger partial charge in [-0.1, -0.05) is 0 Å². The van der Waals surface area contributed by atoms with Crippen molar-refractivity contribution in [2.24, 2.45) is 0 Å². The van der Waals surface area contributed by atoms with Crippen LogP contribution in [0.3, 0.4) is 0 Å². The number of ether oxygens (including phenoxy) is 4. The summed E-state index contributed by atoms with van der Waals surface area (Å²) in [5.74, 6) is 0.229. The van der Waals surface area contributed by atoms with E-state index in [-0.39, 0.29) is 24.5 Å². The van der Waals surface area contributed by atoms with Gasteiger partial charge in [0.15, 0.2) is 22.9 Å². The van der Waals surface area contributed by atoms with Gasteiger partial charge in [-0.3, -0.25) is 14.4 Å². The van der Waals surface area contributed by atoms with Crippen LogP contribution in [0, 0.1) is 0 Å². The second-order valence-electron chi connectivity index (χ2n) is 6.39. The fourth-order valence-electron chi connectivity index (χ4n) is 2.92. The van der Waals surface area contributed by atoms with E-state index in [2.05, 4.69) is 4.98 Å². The number of H-pyrrole nitrogens is 1. The molecule has 1 aliphatic rings. The first-order valence-electron chi connectivity index (χ1n) is 7.99. The zero-order valence-electron chi connectivity index (χ0n) is 14.9. The zero-order valence-corrected chi connectivity index (χ0v) is 14.9. The molecule has 0 aliphatic carbocycles. The molecule has 0 unspecified atom stereocenters. The highest BCUT2D eigenvalue weighted by molar-refractivity contribution is 5.96. The molecule has 0 amide bonds. The Morgan fingerprint density at radius 1 is 1.27 bits per heavy atom. The first-order chi connectivity index (χ1) is 12.2. The van der Waals surface area contributed by atoms with E-state index in [1.165, 1.54) is 27.9 Å². The molecule has 0 spiro atoms. The van der Waals surface area contributed by atoms with E-state index in [9.17, 15) is 14.4 Å². The Labute approximate surface area is 149 Å². The van der Waals surface area contributed by atoms with Gasteiger partial charge in [0.05, 0.1) is 18.2 Å². The summed E-state index contributed by atoms with van der Waals surface area (Å²) in [6, 6.07) is 3.43. The average Bonchev–Trinajstić information content (AvgIpc) is 3.03. The predicted molar refractivity (Wildman–Crippen MR) is 91.8 cm³/mol. The maximum atomic E-state index is 12.6. The lowest BCUT2D eigenvalue weighted by Gasteiger charge is -2.23. The minimum Gasteiger partial charge on any atom is -0.496 e. The van der Waals surface area contributed by atoms with Crippen LogP contribution in [0.2, 0.25) is 0 Å². The van der Waals surface area contributed by atoms with Crippen LogP contribution in [0.1, 0.15) is 26.3 Å². The Morgan fingerprint density at radius 3 is 2.65 bits per heavy atom. The molecular formula is C18H19NO7. The Balaban J connectivity index is 2.08. The molecule has 0 saturated heterocycles. The van der Waals surface area contributed by atoms with E-state index < -0.39 is 22.9 Å². The number of ketones is 1. The highest BCUT2D eigenvalue weighted by Crippen LogP contribution is 2.41. The lowest BCUT2D eigenvalue weighted by Crippen LogP contribution is -2.38. The fraction of sp³-hybridized carbons (Fsp3) is 0.389. The lowest BCUT2D eigenvalue weighted by molar-refractivity contribution is -0.161. The third kappa shape index (κ3) is 2.98. The van der Waals surface area contributed by atoms with E-state index in [1.807, 2.05) is 0 Å². The monoisotopic (exact) mass is 361 g/mol. The van der Waals surface area contributed by atoms with E-state index in [0.717, 1.165) is 0 Å². The molecule has 1 aliphatic heterocycles. The molecule has 0 fully saturated rings. The van der Waals surface area contributed by atoms with E-state index in [4.69, 9.17) is 18.9 Å². The van der Waals surface area contributed by atoms with Gasteiger partial charge < -0.3 is 23.9 Å². The minimum atomic E-state index is -1.35. The zero-order chi connectivity index (χ0) is 19.1. The topological polar surface area (TPSA) is 104 Å². The Morgan fingerprint density at radius 2 is 2.00 bits per heavy atom. The van der Waals surface area contributed by atoms with Crippen LogP contribution < -0.4 is 19.8 Å². The smallest absolute Gasteiger partial charge is 0.303 e. The van der Waals surface area contributed by atoms with Crippen LogP contribution in [-0.2, 0) is 20.7 Å².